The standard InChI is InChI=1S/C49H35N/c1-31-27-37(40-22-12-14-33-13-6-7-17-39(33)40)28-36-24-23-34(29-45(36)32(31)2)35-25-26-47-46(30-35)48-43-20-10-8-18-41(43)42-19-9-11-21-44(42)49(48)50(47)38-15-4-3-5-16-38/h3-27,29-30H,28H2,1-2H3. The van der Waals surface area contributed by atoms with E-state index in [0.717, 1.165) is 6.42 Å². The Labute approximate surface area is 292 Å². The molecule has 0 bridgehead atoms. The number of fused-ring (bicyclic) bond motifs is 10. The Hall–Kier alpha value is -6.18. The van der Waals surface area contributed by atoms with Gasteiger partial charge in [-0.15, -0.1) is 0 Å². The van der Waals surface area contributed by atoms with Gasteiger partial charge in [0.2, 0.25) is 0 Å². The molecule has 10 rings (SSSR count). The van der Waals surface area contributed by atoms with Gasteiger partial charge in [-0.05, 0) is 122 Å². The summed E-state index contributed by atoms with van der Waals surface area (Å²) in [5.74, 6) is 0. The van der Waals surface area contributed by atoms with Crippen LogP contribution >= 0.6 is 0 Å². The number of aromatic nitrogens is 1. The van der Waals surface area contributed by atoms with Crippen LogP contribution in [-0.2, 0) is 6.42 Å². The van der Waals surface area contributed by atoms with Crippen LogP contribution in [0.1, 0.15) is 30.5 Å². The monoisotopic (exact) mass is 637 g/mol. The molecule has 0 saturated heterocycles. The Balaban J connectivity index is 1.18. The fraction of sp³-hybridized carbons (Fsp3) is 0.0612. The smallest absolute Gasteiger partial charge is 0.0625 e. The Morgan fingerprint density at radius 1 is 0.480 bits per heavy atom. The van der Waals surface area contributed by atoms with Crippen LogP contribution in [0.4, 0.5) is 0 Å². The minimum Gasteiger partial charge on any atom is -0.309 e. The molecule has 0 aliphatic heterocycles. The van der Waals surface area contributed by atoms with E-state index in [1.54, 1.807) is 0 Å². The molecule has 1 aliphatic rings. The second-order valence-electron chi connectivity index (χ2n) is 13.8. The molecule has 50 heavy (non-hydrogen) atoms. The summed E-state index contributed by atoms with van der Waals surface area (Å²) in [6, 6.07) is 58.2. The lowest BCUT2D eigenvalue weighted by Gasteiger charge is -2.14. The highest BCUT2D eigenvalue weighted by Gasteiger charge is 2.21. The van der Waals surface area contributed by atoms with Gasteiger partial charge in [0.15, 0.2) is 0 Å². The molecule has 1 heterocycles. The van der Waals surface area contributed by atoms with Gasteiger partial charge >= 0.3 is 0 Å². The summed E-state index contributed by atoms with van der Waals surface area (Å²) < 4.78 is 2.47. The van der Waals surface area contributed by atoms with Crippen LogP contribution in [0, 0.1) is 0 Å². The number of nitrogens with zero attached hydrogens (tertiary/aromatic N) is 1. The van der Waals surface area contributed by atoms with Crippen LogP contribution < -0.4 is 0 Å². The van der Waals surface area contributed by atoms with E-state index in [4.69, 9.17) is 0 Å². The largest absolute Gasteiger partial charge is 0.309 e. The molecule has 236 valence electrons. The molecule has 0 spiro atoms. The number of allylic oxidation sites excluding steroid dienone is 4. The van der Waals surface area contributed by atoms with E-state index < -0.39 is 0 Å². The van der Waals surface area contributed by atoms with Gasteiger partial charge in [-0.2, -0.15) is 0 Å². The van der Waals surface area contributed by atoms with Crippen LogP contribution in [0.2, 0.25) is 0 Å². The van der Waals surface area contributed by atoms with Crippen molar-refractivity contribution in [2.75, 3.05) is 0 Å². The first-order valence-corrected chi connectivity index (χ1v) is 17.6. The van der Waals surface area contributed by atoms with Crippen LogP contribution in [0.5, 0.6) is 0 Å². The summed E-state index contributed by atoms with van der Waals surface area (Å²) in [7, 11) is 0. The van der Waals surface area contributed by atoms with Crippen LogP contribution in [0.15, 0.2) is 169 Å². The quantitative estimate of drug-likeness (QED) is 0.170. The topological polar surface area (TPSA) is 4.93 Å². The van der Waals surface area contributed by atoms with Crippen molar-refractivity contribution in [1.29, 1.82) is 0 Å². The SMILES string of the molecule is CC1=C(C)c2cc(-c3ccc4c(c3)c3c5ccccc5c5ccccc5c3n4-c3ccccc3)ccc2CC(c2cccc3ccccc23)=C1. The van der Waals surface area contributed by atoms with Gasteiger partial charge in [0.25, 0.3) is 0 Å². The molecule has 0 unspecified atom stereocenters. The molecular weight excluding hydrogens is 603 g/mol. The Morgan fingerprint density at radius 3 is 1.94 bits per heavy atom. The number of rotatable bonds is 3. The molecule has 0 radical (unpaired) electrons. The fourth-order valence-corrected chi connectivity index (χ4v) is 8.48. The third kappa shape index (κ3) is 4.33. The second kappa shape index (κ2) is 11.2. The van der Waals surface area contributed by atoms with Crippen LogP contribution in [0.3, 0.4) is 0 Å². The minimum atomic E-state index is 0.904. The molecule has 0 saturated carbocycles. The van der Waals surface area contributed by atoms with Gasteiger partial charge in [0.1, 0.15) is 0 Å². The van der Waals surface area contributed by atoms with Gasteiger partial charge < -0.3 is 4.57 Å². The van der Waals surface area contributed by atoms with E-state index in [2.05, 4.69) is 182 Å². The van der Waals surface area contributed by atoms with E-state index >= 15 is 0 Å². The summed E-state index contributed by atoms with van der Waals surface area (Å²) in [5.41, 5.74) is 14.2. The average molecular weight is 638 g/mol. The zero-order chi connectivity index (χ0) is 33.3. The lowest BCUT2D eigenvalue weighted by molar-refractivity contribution is 1.19. The highest BCUT2D eigenvalue weighted by molar-refractivity contribution is 6.32. The maximum Gasteiger partial charge on any atom is 0.0625 e. The zero-order valence-electron chi connectivity index (χ0n) is 28.2. The fourth-order valence-electron chi connectivity index (χ4n) is 8.48. The number of para-hydroxylation sites is 1. The highest BCUT2D eigenvalue weighted by atomic mass is 15.0. The molecule has 1 heteroatoms. The molecule has 1 aliphatic carbocycles. The number of hydrogen-bond donors (Lipinski definition) is 0. The first kappa shape index (κ1) is 28.8. The molecule has 8 aromatic carbocycles. The number of benzene rings is 8. The van der Waals surface area contributed by atoms with Crippen molar-refractivity contribution in [3.63, 3.8) is 0 Å². The maximum absolute atomic E-state index is 2.47. The van der Waals surface area contributed by atoms with Gasteiger partial charge in [-0.25, -0.2) is 0 Å². The Kier molecular flexibility index (Phi) is 6.44. The molecule has 0 fully saturated rings. The summed E-state index contributed by atoms with van der Waals surface area (Å²) in [6.45, 7) is 4.55. The van der Waals surface area contributed by atoms with E-state index in [1.165, 1.54) is 104 Å². The first-order chi connectivity index (χ1) is 24.6. The third-order valence-electron chi connectivity index (χ3n) is 11.0. The molecular formula is C49H35N. The van der Waals surface area contributed by atoms with Crippen molar-refractivity contribution in [2.45, 2.75) is 20.3 Å². The van der Waals surface area contributed by atoms with E-state index in [-0.39, 0.29) is 0 Å². The minimum absolute atomic E-state index is 0.904. The van der Waals surface area contributed by atoms with Crippen molar-refractivity contribution < 1.29 is 0 Å². The molecule has 0 amide bonds. The average Bonchev–Trinajstić information content (AvgIpc) is 3.46. The summed E-state index contributed by atoms with van der Waals surface area (Å²) >= 11 is 0. The van der Waals surface area contributed by atoms with E-state index in [9.17, 15) is 0 Å². The van der Waals surface area contributed by atoms with Crippen molar-refractivity contribution in [2.24, 2.45) is 0 Å². The van der Waals surface area contributed by atoms with Gasteiger partial charge in [0.05, 0.1) is 11.0 Å². The first-order valence-electron chi connectivity index (χ1n) is 17.6. The zero-order valence-corrected chi connectivity index (χ0v) is 28.2. The molecule has 0 N–H and O–H groups in total. The molecule has 1 aromatic heterocycles. The van der Waals surface area contributed by atoms with Crippen molar-refractivity contribution in [1.82, 2.24) is 4.57 Å². The van der Waals surface area contributed by atoms with Crippen LogP contribution in [-0.4, -0.2) is 4.57 Å². The molecule has 9 aromatic rings. The predicted molar refractivity (Wildman–Crippen MR) is 215 cm³/mol. The van der Waals surface area contributed by atoms with Gasteiger partial charge in [-0.3, -0.25) is 0 Å². The van der Waals surface area contributed by atoms with Crippen molar-refractivity contribution >= 4 is 65.3 Å². The van der Waals surface area contributed by atoms with Crippen molar-refractivity contribution in [3.8, 4) is 16.8 Å². The van der Waals surface area contributed by atoms with E-state index in [1.807, 2.05) is 0 Å². The summed E-state index contributed by atoms with van der Waals surface area (Å²) in [5, 5.41) is 10.3. The van der Waals surface area contributed by atoms with E-state index in [0.29, 0.717) is 0 Å². The summed E-state index contributed by atoms with van der Waals surface area (Å²) in [6.07, 6.45) is 3.32. The Morgan fingerprint density at radius 2 is 1.12 bits per heavy atom. The lowest BCUT2D eigenvalue weighted by Crippen LogP contribution is -1.96. The lowest BCUT2D eigenvalue weighted by atomic mass is 9.90. The number of hydrogen-bond acceptors (Lipinski definition) is 0. The van der Waals surface area contributed by atoms with Crippen molar-refractivity contribution in [3.05, 3.63) is 186 Å². The van der Waals surface area contributed by atoms with Gasteiger partial charge in [-0.1, -0.05) is 133 Å². The normalized spacial score (nSPS) is 13.4. The third-order valence-corrected chi connectivity index (χ3v) is 11.0. The molecule has 0 atom stereocenters. The predicted octanol–water partition coefficient (Wildman–Crippen LogP) is 13.3. The molecule has 1 nitrogen and oxygen atoms in total. The highest BCUT2D eigenvalue weighted by Crippen LogP contribution is 2.44. The second-order valence-corrected chi connectivity index (χ2v) is 13.8. The Bertz CT molecular complexity index is 2890. The van der Waals surface area contributed by atoms with Gasteiger partial charge in [0, 0.05) is 21.8 Å². The van der Waals surface area contributed by atoms with Crippen LogP contribution in [0.25, 0.3) is 82.1 Å². The summed E-state index contributed by atoms with van der Waals surface area (Å²) in [4.78, 5) is 0. The maximum atomic E-state index is 2.47.